The first-order valence-electron chi connectivity index (χ1n) is 8.80. The lowest BCUT2D eigenvalue weighted by molar-refractivity contribution is -0.139. The molecule has 3 heterocycles. The highest BCUT2D eigenvalue weighted by Crippen LogP contribution is 2.39. The fourth-order valence-electron chi connectivity index (χ4n) is 3.45. The van der Waals surface area contributed by atoms with E-state index in [1.54, 1.807) is 0 Å². The van der Waals surface area contributed by atoms with Gasteiger partial charge in [-0.3, -0.25) is 9.59 Å². The van der Waals surface area contributed by atoms with Crippen LogP contribution in [0.1, 0.15) is 23.7 Å². The number of primary amides is 1. The summed E-state index contributed by atoms with van der Waals surface area (Å²) in [5.41, 5.74) is 6.30. The Bertz CT molecular complexity index is 850. The lowest BCUT2D eigenvalue weighted by atomic mass is 10.2. The molecule has 0 radical (unpaired) electrons. The highest BCUT2D eigenvalue weighted by molar-refractivity contribution is 6.08. The average Bonchev–Trinajstić information content (AvgIpc) is 3.20. The number of hydrogen-bond donors (Lipinski definition) is 3. The first-order chi connectivity index (χ1) is 12.5. The van der Waals surface area contributed by atoms with Gasteiger partial charge in [0.25, 0.3) is 5.91 Å². The quantitative estimate of drug-likeness (QED) is 0.708. The molecular weight excluding hydrogens is 336 g/mol. The number of H-pyrrole nitrogens is 1. The molecule has 1 saturated heterocycles. The lowest BCUT2D eigenvalue weighted by Gasteiger charge is -2.33. The second kappa shape index (κ2) is 6.56. The molecule has 4 N–H and O–H groups in total. The molecule has 4 rings (SSSR count). The topological polar surface area (TPSA) is 126 Å². The third-order valence-electron chi connectivity index (χ3n) is 5.11. The molecule has 0 bridgehead atoms. The molecule has 9 heteroatoms. The third-order valence-corrected chi connectivity index (χ3v) is 5.11. The zero-order valence-corrected chi connectivity index (χ0v) is 14.6. The Balaban J connectivity index is 1.44. The summed E-state index contributed by atoms with van der Waals surface area (Å²) in [7, 11) is 0. The minimum absolute atomic E-state index is 0.136. The van der Waals surface area contributed by atoms with Gasteiger partial charge in [0.1, 0.15) is 17.8 Å². The standard InChI is InChI=1S/C17H22N6O3/c1-9-4-11(9)17(25)23-2-3-26-10(7-23)5-19-15-13-12(14(18)24)6-20-16(13)22-8-21-15/h6,8-11H,2-5,7H2,1H3,(H2,18,24)(H2,19,20,21,22)/t9-,10?,11-/m1/s1. The van der Waals surface area contributed by atoms with Gasteiger partial charge in [-0.1, -0.05) is 6.92 Å². The Kier molecular flexibility index (Phi) is 4.23. The van der Waals surface area contributed by atoms with Crippen molar-refractivity contribution in [2.75, 3.05) is 31.6 Å². The Hall–Kier alpha value is -2.68. The summed E-state index contributed by atoms with van der Waals surface area (Å²) < 4.78 is 5.78. The number of nitrogens with zero attached hydrogens (tertiary/aromatic N) is 3. The molecule has 0 spiro atoms. The monoisotopic (exact) mass is 358 g/mol. The van der Waals surface area contributed by atoms with Crippen LogP contribution in [-0.4, -0.2) is 64.0 Å². The second-order valence-electron chi connectivity index (χ2n) is 6.99. The van der Waals surface area contributed by atoms with E-state index in [1.165, 1.54) is 12.5 Å². The molecule has 2 fully saturated rings. The zero-order valence-electron chi connectivity index (χ0n) is 14.6. The number of aromatic amines is 1. The van der Waals surface area contributed by atoms with Crippen LogP contribution in [0.2, 0.25) is 0 Å². The lowest BCUT2D eigenvalue weighted by Crippen LogP contribution is -2.48. The number of aromatic nitrogens is 3. The molecule has 1 unspecified atom stereocenters. The Morgan fingerprint density at radius 3 is 3.00 bits per heavy atom. The number of carbonyl (C=O) groups is 2. The molecular formula is C17H22N6O3. The number of hydrogen-bond acceptors (Lipinski definition) is 6. The highest BCUT2D eigenvalue weighted by Gasteiger charge is 2.42. The van der Waals surface area contributed by atoms with E-state index in [1.807, 2.05) is 4.90 Å². The third kappa shape index (κ3) is 3.10. The first-order valence-corrected chi connectivity index (χ1v) is 8.80. The van der Waals surface area contributed by atoms with Gasteiger partial charge in [0.05, 0.1) is 23.7 Å². The van der Waals surface area contributed by atoms with E-state index in [0.29, 0.717) is 54.6 Å². The summed E-state index contributed by atoms with van der Waals surface area (Å²) >= 11 is 0. The summed E-state index contributed by atoms with van der Waals surface area (Å²) in [5.74, 6) is 0.890. The largest absolute Gasteiger partial charge is 0.373 e. The normalized spacial score (nSPS) is 25.3. The van der Waals surface area contributed by atoms with Crippen LogP contribution in [0.25, 0.3) is 11.0 Å². The van der Waals surface area contributed by atoms with Gasteiger partial charge in [0, 0.05) is 31.7 Å². The molecule has 2 amide bonds. The van der Waals surface area contributed by atoms with Crippen LogP contribution < -0.4 is 11.1 Å². The van der Waals surface area contributed by atoms with E-state index in [-0.39, 0.29) is 17.9 Å². The summed E-state index contributed by atoms with van der Waals surface area (Å²) in [5, 5.41) is 3.78. The van der Waals surface area contributed by atoms with Crippen LogP contribution in [0, 0.1) is 11.8 Å². The number of nitrogens with one attached hydrogen (secondary N) is 2. The van der Waals surface area contributed by atoms with Gasteiger partial charge in [0.15, 0.2) is 0 Å². The number of ether oxygens (including phenoxy) is 1. The van der Waals surface area contributed by atoms with Crippen molar-refractivity contribution in [1.82, 2.24) is 19.9 Å². The maximum Gasteiger partial charge on any atom is 0.251 e. The maximum atomic E-state index is 12.4. The number of nitrogens with two attached hydrogens (primary N) is 1. The van der Waals surface area contributed by atoms with Gasteiger partial charge < -0.3 is 25.7 Å². The first kappa shape index (κ1) is 16.8. The van der Waals surface area contributed by atoms with E-state index in [9.17, 15) is 9.59 Å². The van der Waals surface area contributed by atoms with E-state index < -0.39 is 5.91 Å². The minimum Gasteiger partial charge on any atom is -0.373 e. The smallest absolute Gasteiger partial charge is 0.251 e. The molecule has 2 aromatic rings. The van der Waals surface area contributed by atoms with Crippen LogP contribution >= 0.6 is 0 Å². The van der Waals surface area contributed by atoms with Gasteiger partial charge in [-0.05, 0) is 12.3 Å². The van der Waals surface area contributed by atoms with Gasteiger partial charge in [-0.2, -0.15) is 0 Å². The van der Waals surface area contributed by atoms with Gasteiger partial charge in [0.2, 0.25) is 5.91 Å². The van der Waals surface area contributed by atoms with Crippen molar-refractivity contribution in [3.05, 3.63) is 18.1 Å². The molecule has 2 aromatic heterocycles. The van der Waals surface area contributed by atoms with Gasteiger partial charge in [-0.25, -0.2) is 9.97 Å². The fourth-order valence-corrected chi connectivity index (χ4v) is 3.45. The van der Waals surface area contributed by atoms with Crippen LogP contribution in [-0.2, 0) is 9.53 Å². The minimum atomic E-state index is -0.543. The van der Waals surface area contributed by atoms with E-state index in [0.717, 1.165) is 6.42 Å². The number of fused-ring (bicyclic) bond motifs is 1. The van der Waals surface area contributed by atoms with E-state index in [2.05, 4.69) is 27.2 Å². The average molecular weight is 358 g/mol. The van der Waals surface area contributed by atoms with Crippen molar-refractivity contribution in [3.63, 3.8) is 0 Å². The molecule has 1 aliphatic heterocycles. The highest BCUT2D eigenvalue weighted by atomic mass is 16.5. The Labute approximate surface area is 150 Å². The predicted molar refractivity (Wildman–Crippen MR) is 94.5 cm³/mol. The second-order valence-corrected chi connectivity index (χ2v) is 6.99. The molecule has 1 saturated carbocycles. The molecule has 26 heavy (non-hydrogen) atoms. The van der Waals surface area contributed by atoms with Crippen LogP contribution in [0.3, 0.4) is 0 Å². The number of rotatable bonds is 5. The number of anilines is 1. The SMILES string of the molecule is C[C@@H]1C[C@H]1C(=O)N1CCOC(CNc2ncnc3[nH]cc(C(N)=O)c23)C1. The maximum absolute atomic E-state index is 12.4. The molecule has 0 aromatic carbocycles. The van der Waals surface area contributed by atoms with Crippen molar-refractivity contribution in [1.29, 1.82) is 0 Å². The van der Waals surface area contributed by atoms with E-state index >= 15 is 0 Å². The van der Waals surface area contributed by atoms with Crippen molar-refractivity contribution in [2.24, 2.45) is 17.6 Å². The Morgan fingerprint density at radius 1 is 1.46 bits per heavy atom. The molecule has 138 valence electrons. The Morgan fingerprint density at radius 2 is 2.27 bits per heavy atom. The zero-order chi connectivity index (χ0) is 18.3. The van der Waals surface area contributed by atoms with Crippen molar-refractivity contribution in [2.45, 2.75) is 19.4 Å². The van der Waals surface area contributed by atoms with Crippen molar-refractivity contribution < 1.29 is 14.3 Å². The molecule has 9 nitrogen and oxygen atoms in total. The van der Waals surface area contributed by atoms with Crippen LogP contribution in [0.5, 0.6) is 0 Å². The predicted octanol–water partition coefficient (Wildman–Crippen LogP) is 0.352. The molecule has 1 aliphatic carbocycles. The van der Waals surface area contributed by atoms with Gasteiger partial charge in [-0.15, -0.1) is 0 Å². The molecule has 3 atom stereocenters. The summed E-state index contributed by atoms with van der Waals surface area (Å²) in [6.07, 6.45) is 3.79. The summed E-state index contributed by atoms with van der Waals surface area (Å²) in [6, 6.07) is 0. The van der Waals surface area contributed by atoms with Crippen LogP contribution in [0.4, 0.5) is 5.82 Å². The van der Waals surface area contributed by atoms with Crippen molar-refractivity contribution in [3.8, 4) is 0 Å². The number of carbonyl (C=O) groups excluding carboxylic acids is 2. The number of morpholine rings is 1. The van der Waals surface area contributed by atoms with Crippen LogP contribution in [0.15, 0.2) is 12.5 Å². The number of amides is 2. The van der Waals surface area contributed by atoms with E-state index in [4.69, 9.17) is 10.5 Å². The summed E-state index contributed by atoms with van der Waals surface area (Å²) in [4.78, 5) is 37.2. The fraction of sp³-hybridized carbons (Fsp3) is 0.529. The summed E-state index contributed by atoms with van der Waals surface area (Å²) in [6.45, 7) is 4.29. The molecule has 2 aliphatic rings. The van der Waals surface area contributed by atoms with Crippen molar-refractivity contribution >= 4 is 28.7 Å². The van der Waals surface area contributed by atoms with Gasteiger partial charge >= 0.3 is 0 Å².